The maximum absolute atomic E-state index is 11.5. The quantitative estimate of drug-likeness (QED) is 0.530. The average Bonchev–Trinajstić information content (AvgIpc) is 1.65. The molecule has 0 aliphatic carbocycles. The van der Waals surface area contributed by atoms with E-state index < -0.39 is 12.0 Å². The van der Waals surface area contributed by atoms with Crippen LogP contribution in [0.4, 0.5) is 4.39 Å². The van der Waals surface area contributed by atoms with Crippen LogP contribution >= 0.6 is 13.5 Å². The summed E-state index contributed by atoms with van der Waals surface area (Å²) in [6, 6.07) is -1.21. The molecule has 0 bridgehead atoms. The molecule has 0 aromatic heterocycles. The Balaban J connectivity index is 0. The predicted molar refractivity (Wildman–Crippen MR) is 36.0 cm³/mol. The smallest absolute Gasteiger partial charge is 0.261 e. The van der Waals surface area contributed by atoms with E-state index in [9.17, 15) is 9.18 Å². The molecule has 0 aliphatic heterocycles. The van der Waals surface area contributed by atoms with Crippen molar-refractivity contribution < 1.29 is 9.18 Å². The zero-order valence-corrected chi connectivity index (χ0v) is 6.07. The third kappa shape index (κ3) is 4.12. The molecule has 50 valence electrons. The van der Waals surface area contributed by atoms with Crippen molar-refractivity contribution in [3.8, 4) is 0 Å². The van der Waals surface area contributed by atoms with E-state index in [0.717, 1.165) is 0 Å². The van der Waals surface area contributed by atoms with E-state index in [-0.39, 0.29) is 13.5 Å². The van der Waals surface area contributed by atoms with Gasteiger partial charge < -0.3 is 0 Å². The molecule has 0 amide bonds. The lowest BCUT2D eigenvalue weighted by atomic mass is 10.1. The lowest BCUT2D eigenvalue weighted by Gasteiger charge is -1.94. The largest absolute Gasteiger partial charge is 0.304 e. The fraction of sp³-hybridized carbons (Fsp3) is 0.800. The van der Waals surface area contributed by atoms with Gasteiger partial charge in [-0.25, -0.2) is 0 Å². The number of hydrogen-bond acceptors (Lipinski definition) is 1. The van der Waals surface area contributed by atoms with E-state index in [1.54, 1.807) is 13.8 Å². The summed E-state index contributed by atoms with van der Waals surface area (Å²) in [4.78, 5) is 9.71. The van der Waals surface area contributed by atoms with Crippen molar-refractivity contribution in [1.29, 1.82) is 0 Å². The van der Waals surface area contributed by atoms with Crippen molar-refractivity contribution in [2.24, 2.45) is 5.92 Å². The molecule has 0 fully saturated rings. The highest BCUT2D eigenvalue weighted by Crippen LogP contribution is 2.01. The molecule has 0 saturated heterocycles. The van der Waals surface area contributed by atoms with Crippen molar-refractivity contribution in [1.82, 2.24) is 0 Å². The second-order valence-corrected chi connectivity index (χ2v) is 1.61. The van der Waals surface area contributed by atoms with Crippen LogP contribution in [0.15, 0.2) is 0 Å². The average molecular weight is 138 g/mol. The zero-order valence-electron chi connectivity index (χ0n) is 5.07. The van der Waals surface area contributed by atoms with E-state index in [2.05, 4.69) is 0 Å². The minimum Gasteiger partial charge on any atom is -0.261 e. The molecule has 0 spiro atoms. The highest BCUT2D eigenvalue weighted by atomic mass is 32.1. The standard InChI is InChI=1S/C5H9FO.H2S/c1-3-4(2)5(6)7;/h4H,3H2,1-2H3;1H2/t4-;/m0./s1. The van der Waals surface area contributed by atoms with Crippen molar-refractivity contribution in [3.05, 3.63) is 0 Å². The SMILES string of the molecule is CC[C@H](C)C(=O)F.S. The van der Waals surface area contributed by atoms with E-state index in [4.69, 9.17) is 0 Å². The Bertz CT molecular complexity index is 74.8. The fourth-order valence-electron chi connectivity index (χ4n) is 0.160. The Morgan fingerprint density at radius 3 is 2.12 bits per heavy atom. The van der Waals surface area contributed by atoms with Gasteiger partial charge in [0.25, 0.3) is 0 Å². The molecule has 0 rings (SSSR count). The molecule has 0 aliphatic rings. The summed E-state index contributed by atoms with van der Waals surface area (Å²) in [6.45, 7) is 3.35. The molecule has 8 heavy (non-hydrogen) atoms. The minimum atomic E-state index is -1.21. The highest BCUT2D eigenvalue weighted by molar-refractivity contribution is 7.59. The first-order valence-electron chi connectivity index (χ1n) is 2.37. The molecule has 1 atom stereocenters. The number of rotatable bonds is 2. The molecule has 3 heteroatoms. The number of halogens is 1. The van der Waals surface area contributed by atoms with Crippen molar-refractivity contribution in [2.45, 2.75) is 20.3 Å². The van der Waals surface area contributed by atoms with E-state index >= 15 is 0 Å². The topological polar surface area (TPSA) is 17.1 Å². The Morgan fingerprint density at radius 1 is 1.75 bits per heavy atom. The number of hydrogen-bond donors (Lipinski definition) is 0. The summed E-state index contributed by atoms with van der Waals surface area (Å²) in [7, 11) is 0. The van der Waals surface area contributed by atoms with Gasteiger partial charge in [0, 0.05) is 5.92 Å². The third-order valence-electron chi connectivity index (χ3n) is 1.000. The van der Waals surface area contributed by atoms with Crippen LogP contribution < -0.4 is 0 Å². The van der Waals surface area contributed by atoms with Crippen LogP contribution in [-0.2, 0) is 4.79 Å². The molecule has 0 heterocycles. The first-order chi connectivity index (χ1) is 3.18. The van der Waals surface area contributed by atoms with Crippen molar-refractivity contribution >= 4 is 19.5 Å². The van der Waals surface area contributed by atoms with Gasteiger partial charge in [-0.1, -0.05) is 13.8 Å². The normalized spacial score (nSPS) is 11.9. The Labute approximate surface area is 55.7 Å². The van der Waals surface area contributed by atoms with Gasteiger partial charge in [0.1, 0.15) is 0 Å². The van der Waals surface area contributed by atoms with Crippen LogP contribution in [0.2, 0.25) is 0 Å². The van der Waals surface area contributed by atoms with Gasteiger partial charge in [-0.15, -0.1) is 0 Å². The van der Waals surface area contributed by atoms with E-state index in [1.165, 1.54) is 0 Å². The van der Waals surface area contributed by atoms with E-state index in [1.807, 2.05) is 0 Å². The molecular formula is C5H11FOS. The maximum atomic E-state index is 11.5. The van der Waals surface area contributed by atoms with E-state index in [0.29, 0.717) is 6.42 Å². The van der Waals surface area contributed by atoms with Crippen molar-refractivity contribution in [2.75, 3.05) is 0 Å². The van der Waals surface area contributed by atoms with Crippen LogP contribution in [0.3, 0.4) is 0 Å². The molecule has 0 radical (unpaired) electrons. The molecule has 0 aromatic carbocycles. The molecule has 0 aromatic rings. The number of carbonyl (C=O) groups is 1. The Morgan fingerprint density at radius 2 is 2.12 bits per heavy atom. The van der Waals surface area contributed by atoms with Gasteiger partial charge in [-0.05, 0) is 6.42 Å². The van der Waals surface area contributed by atoms with Crippen LogP contribution in [0.1, 0.15) is 20.3 Å². The molecule has 0 N–H and O–H groups in total. The second-order valence-electron chi connectivity index (χ2n) is 1.61. The van der Waals surface area contributed by atoms with Gasteiger partial charge in [-0.3, -0.25) is 4.79 Å². The van der Waals surface area contributed by atoms with Gasteiger partial charge in [-0.2, -0.15) is 17.9 Å². The predicted octanol–water partition coefficient (Wildman–Crippen LogP) is 1.64. The van der Waals surface area contributed by atoms with Gasteiger partial charge in [0.05, 0.1) is 0 Å². The van der Waals surface area contributed by atoms with Crippen LogP contribution in [0.25, 0.3) is 0 Å². The maximum Gasteiger partial charge on any atom is 0.304 e. The molecule has 0 saturated carbocycles. The lowest BCUT2D eigenvalue weighted by Crippen LogP contribution is -2.01. The molecular weight excluding hydrogens is 127 g/mol. The first-order valence-corrected chi connectivity index (χ1v) is 2.37. The monoisotopic (exact) mass is 138 g/mol. The number of carbonyl (C=O) groups excluding carboxylic acids is 1. The van der Waals surface area contributed by atoms with Gasteiger partial charge >= 0.3 is 6.04 Å². The minimum absolute atomic E-state index is 0. The summed E-state index contributed by atoms with van der Waals surface area (Å²) in [5, 5.41) is 0. The lowest BCUT2D eigenvalue weighted by molar-refractivity contribution is -0.133. The molecule has 1 nitrogen and oxygen atoms in total. The zero-order chi connectivity index (χ0) is 5.86. The highest BCUT2D eigenvalue weighted by Gasteiger charge is 2.06. The third-order valence-corrected chi connectivity index (χ3v) is 1.000. The molecule has 0 unspecified atom stereocenters. The summed E-state index contributed by atoms with van der Waals surface area (Å²) >= 11 is 0. The first kappa shape index (κ1) is 10.8. The summed E-state index contributed by atoms with van der Waals surface area (Å²) in [5.74, 6) is -0.403. The second kappa shape index (κ2) is 5.09. The summed E-state index contributed by atoms with van der Waals surface area (Å²) < 4.78 is 11.5. The van der Waals surface area contributed by atoms with Gasteiger partial charge in [0.2, 0.25) is 0 Å². The fourth-order valence-corrected chi connectivity index (χ4v) is 0.160. The summed E-state index contributed by atoms with van der Waals surface area (Å²) in [6.07, 6.45) is 0.593. The van der Waals surface area contributed by atoms with Gasteiger partial charge in [0.15, 0.2) is 0 Å². The Hall–Kier alpha value is -0.0500. The van der Waals surface area contributed by atoms with Crippen LogP contribution in [0.5, 0.6) is 0 Å². The van der Waals surface area contributed by atoms with Crippen molar-refractivity contribution in [3.63, 3.8) is 0 Å². The van der Waals surface area contributed by atoms with Crippen LogP contribution in [0, 0.1) is 5.92 Å². The summed E-state index contributed by atoms with van der Waals surface area (Å²) in [5.41, 5.74) is 0. The Kier molecular flexibility index (Phi) is 6.91. The van der Waals surface area contributed by atoms with Crippen LogP contribution in [-0.4, -0.2) is 6.04 Å².